The molecule has 14 heteroatoms. The van der Waals surface area contributed by atoms with Crippen LogP contribution < -0.4 is 16.0 Å². The minimum atomic E-state index is -1.00. The molecule has 1 aromatic carbocycles. The predicted molar refractivity (Wildman–Crippen MR) is 171 cm³/mol. The van der Waals surface area contributed by atoms with E-state index in [1.54, 1.807) is 11.3 Å². The van der Waals surface area contributed by atoms with Crippen molar-refractivity contribution >= 4 is 74.2 Å². The van der Waals surface area contributed by atoms with E-state index in [2.05, 4.69) is 20.9 Å². The standard InChI is InChI=1S/C30H36N6O5S3/c1-18(2)17-23(37)27(44-30-33-20-8-3-4-10-24(20)43-30)34-26(39)22-9-5-15-35-25(38)12-11-21(28(40)36(22)35)32-29(41)31-14-13-19-7-6-16-42-19/h3-4,6-8,10,16,18,21-22,27H,5,9,11-15,17H2,1-2H3,(H,34,39)(H2,31,32,41)/t21?,22-,27?/m0/s1. The number of nitrogens with zero attached hydrogens (tertiary/aromatic N) is 3. The summed E-state index contributed by atoms with van der Waals surface area (Å²) in [6.45, 7) is 4.56. The molecule has 2 aliphatic heterocycles. The summed E-state index contributed by atoms with van der Waals surface area (Å²) in [6.07, 6.45) is 1.94. The first-order valence-corrected chi connectivity index (χ1v) is 17.3. The number of carbonyl (C=O) groups excluding carboxylic acids is 5. The third-order valence-electron chi connectivity index (χ3n) is 7.37. The van der Waals surface area contributed by atoms with Crippen LogP contribution in [0.15, 0.2) is 46.1 Å². The lowest BCUT2D eigenvalue weighted by molar-refractivity contribution is -0.176. The summed E-state index contributed by atoms with van der Waals surface area (Å²) in [7, 11) is 0. The van der Waals surface area contributed by atoms with Crippen molar-refractivity contribution in [3.63, 3.8) is 0 Å². The highest BCUT2D eigenvalue weighted by molar-refractivity contribution is 8.02. The number of amides is 5. The van der Waals surface area contributed by atoms with Crippen molar-refractivity contribution in [3.8, 4) is 0 Å². The second kappa shape index (κ2) is 14.5. The van der Waals surface area contributed by atoms with Crippen molar-refractivity contribution in [3.05, 3.63) is 46.7 Å². The largest absolute Gasteiger partial charge is 0.338 e. The van der Waals surface area contributed by atoms with Crippen LogP contribution in [0.1, 0.15) is 50.8 Å². The van der Waals surface area contributed by atoms with Crippen LogP contribution >= 0.6 is 34.4 Å². The Bertz CT molecular complexity index is 1480. The SMILES string of the molecule is CC(C)CC(=O)C(NC(=O)[C@@H]1CCCN2C(=O)CCC(NC(=O)NCCc3cccs3)C(=O)N12)Sc1nc2ccccc2s1. The lowest BCUT2D eigenvalue weighted by Crippen LogP contribution is -2.64. The monoisotopic (exact) mass is 656 g/mol. The number of rotatable bonds is 11. The van der Waals surface area contributed by atoms with Crippen molar-refractivity contribution in [2.75, 3.05) is 13.1 Å². The fourth-order valence-corrected chi connectivity index (χ4v) is 8.19. The summed E-state index contributed by atoms with van der Waals surface area (Å²) in [4.78, 5) is 72.5. The van der Waals surface area contributed by atoms with Gasteiger partial charge in [0.2, 0.25) is 11.8 Å². The van der Waals surface area contributed by atoms with E-state index in [1.807, 2.05) is 55.6 Å². The highest BCUT2D eigenvalue weighted by Crippen LogP contribution is 2.33. The average molecular weight is 657 g/mol. The maximum absolute atomic E-state index is 13.8. The zero-order chi connectivity index (χ0) is 31.2. The van der Waals surface area contributed by atoms with Crippen LogP contribution in [0.2, 0.25) is 0 Å². The van der Waals surface area contributed by atoms with E-state index in [0.717, 1.165) is 15.1 Å². The van der Waals surface area contributed by atoms with Crippen molar-refractivity contribution < 1.29 is 24.0 Å². The Hall–Kier alpha value is -3.49. The molecule has 3 atom stereocenters. The molecule has 3 aromatic rings. The Morgan fingerprint density at radius 1 is 1.11 bits per heavy atom. The van der Waals surface area contributed by atoms with Gasteiger partial charge in [0.05, 0.1) is 10.2 Å². The topological polar surface area (TPSA) is 141 Å². The molecule has 5 amide bonds. The molecule has 2 fully saturated rings. The first-order valence-electron chi connectivity index (χ1n) is 14.7. The van der Waals surface area contributed by atoms with Crippen LogP contribution in [0.3, 0.4) is 0 Å². The van der Waals surface area contributed by atoms with Gasteiger partial charge in [-0.05, 0) is 55.2 Å². The van der Waals surface area contributed by atoms with E-state index in [4.69, 9.17) is 0 Å². The van der Waals surface area contributed by atoms with Crippen LogP contribution in [-0.4, -0.2) is 75.1 Å². The number of carbonyl (C=O) groups is 5. The summed E-state index contributed by atoms with van der Waals surface area (Å²) >= 11 is 4.23. The van der Waals surface area contributed by atoms with Crippen LogP contribution in [0.25, 0.3) is 10.2 Å². The van der Waals surface area contributed by atoms with E-state index in [0.29, 0.717) is 36.7 Å². The number of hydrazine groups is 1. The smallest absolute Gasteiger partial charge is 0.315 e. The molecule has 0 aliphatic carbocycles. The van der Waals surface area contributed by atoms with Gasteiger partial charge >= 0.3 is 6.03 Å². The van der Waals surface area contributed by atoms with E-state index in [9.17, 15) is 24.0 Å². The summed E-state index contributed by atoms with van der Waals surface area (Å²) in [5, 5.41) is 12.0. The molecular weight excluding hydrogens is 621 g/mol. The summed E-state index contributed by atoms with van der Waals surface area (Å²) in [5.41, 5.74) is 0.812. The second-order valence-electron chi connectivity index (χ2n) is 11.2. The van der Waals surface area contributed by atoms with Gasteiger partial charge in [0.25, 0.3) is 5.91 Å². The Morgan fingerprint density at radius 3 is 2.68 bits per heavy atom. The average Bonchev–Trinajstić information content (AvgIpc) is 3.65. The third kappa shape index (κ3) is 7.77. The van der Waals surface area contributed by atoms with Crippen molar-refractivity contribution in [1.29, 1.82) is 0 Å². The molecule has 2 aliphatic rings. The maximum atomic E-state index is 13.8. The molecule has 0 spiro atoms. The maximum Gasteiger partial charge on any atom is 0.315 e. The molecule has 3 N–H and O–H groups in total. The van der Waals surface area contributed by atoms with Crippen LogP contribution in [0.4, 0.5) is 4.79 Å². The number of aromatic nitrogens is 1. The van der Waals surface area contributed by atoms with Gasteiger partial charge < -0.3 is 16.0 Å². The van der Waals surface area contributed by atoms with Crippen molar-refractivity contribution in [2.24, 2.45) is 5.92 Å². The number of hydrogen-bond donors (Lipinski definition) is 3. The number of para-hydroxylation sites is 1. The molecule has 44 heavy (non-hydrogen) atoms. The fourth-order valence-electron chi connectivity index (χ4n) is 5.28. The van der Waals surface area contributed by atoms with Crippen molar-refractivity contribution in [1.82, 2.24) is 31.0 Å². The number of ketones is 1. The minimum absolute atomic E-state index is 0.0552. The van der Waals surface area contributed by atoms with Crippen LogP contribution in [0.5, 0.6) is 0 Å². The zero-order valence-corrected chi connectivity index (χ0v) is 27.1. The minimum Gasteiger partial charge on any atom is -0.338 e. The molecule has 2 unspecified atom stereocenters. The summed E-state index contributed by atoms with van der Waals surface area (Å²) in [5.74, 6) is -1.39. The van der Waals surface area contributed by atoms with Gasteiger partial charge in [-0.15, -0.1) is 22.7 Å². The molecule has 234 valence electrons. The lowest BCUT2D eigenvalue weighted by atomic mass is 10.0. The Labute approximate surface area is 268 Å². The molecule has 2 saturated heterocycles. The van der Waals surface area contributed by atoms with Crippen molar-refractivity contribution in [2.45, 2.75) is 74.2 Å². The van der Waals surface area contributed by atoms with Gasteiger partial charge in [-0.1, -0.05) is 43.8 Å². The fraction of sp³-hybridized carbons (Fsp3) is 0.467. The van der Waals surface area contributed by atoms with E-state index < -0.39 is 35.3 Å². The summed E-state index contributed by atoms with van der Waals surface area (Å²) < 4.78 is 1.62. The van der Waals surface area contributed by atoms with Gasteiger partial charge in [0.1, 0.15) is 17.5 Å². The number of thiophene rings is 1. The van der Waals surface area contributed by atoms with Gasteiger partial charge in [0, 0.05) is 30.8 Å². The van der Waals surface area contributed by atoms with Gasteiger partial charge in [-0.25, -0.2) is 14.8 Å². The molecule has 11 nitrogen and oxygen atoms in total. The molecule has 0 bridgehead atoms. The number of urea groups is 1. The number of hydrogen-bond acceptors (Lipinski definition) is 9. The Balaban J connectivity index is 1.30. The third-order valence-corrected chi connectivity index (χ3v) is 10.6. The Morgan fingerprint density at radius 2 is 1.93 bits per heavy atom. The quantitative estimate of drug-likeness (QED) is 0.210. The lowest BCUT2D eigenvalue weighted by Gasteiger charge is -2.43. The molecule has 5 rings (SSSR count). The molecule has 2 aromatic heterocycles. The number of Topliss-reactive ketones (excluding diaryl/α,β-unsaturated/α-hetero) is 1. The predicted octanol–water partition coefficient (Wildman–Crippen LogP) is 3.95. The number of thioether (sulfide) groups is 1. The molecule has 4 heterocycles. The normalized spacial score (nSPS) is 19.4. The molecular formula is C30H36N6O5S3. The van der Waals surface area contributed by atoms with Crippen LogP contribution in [0, 0.1) is 5.92 Å². The highest BCUT2D eigenvalue weighted by atomic mass is 32.2. The van der Waals surface area contributed by atoms with E-state index in [-0.39, 0.29) is 36.9 Å². The van der Waals surface area contributed by atoms with Gasteiger partial charge in [0.15, 0.2) is 10.1 Å². The van der Waals surface area contributed by atoms with E-state index >= 15 is 0 Å². The summed E-state index contributed by atoms with van der Waals surface area (Å²) in [6, 6.07) is 9.10. The zero-order valence-electron chi connectivity index (χ0n) is 24.6. The second-order valence-corrected chi connectivity index (χ2v) is 14.6. The first kappa shape index (κ1) is 31.9. The first-order chi connectivity index (χ1) is 21.2. The van der Waals surface area contributed by atoms with Gasteiger partial charge in [-0.3, -0.25) is 24.2 Å². The number of benzene rings is 1. The molecule has 0 radical (unpaired) electrons. The Kier molecular flexibility index (Phi) is 10.5. The van der Waals surface area contributed by atoms with Gasteiger partial charge in [-0.2, -0.15) is 0 Å². The number of nitrogens with one attached hydrogen (secondary N) is 3. The van der Waals surface area contributed by atoms with Crippen LogP contribution in [-0.2, 0) is 25.6 Å². The number of fused-ring (bicyclic) bond motifs is 2. The number of thiazole rings is 1. The molecule has 0 saturated carbocycles. The highest BCUT2D eigenvalue weighted by Gasteiger charge is 2.45. The van der Waals surface area contributed by atoms with E-state index in [1.165, 1.54) is 33.1 Å².